The predicted octanol–water partition coefficient (Wildman–Crippen LogP) is 1.76. The Morgan fingerprint density at radius 3 is 2.62 bits per heavy atom. The second kappa shape index (κ2) is 3.27. The van der Waals surface area contributed by atoms with Crippen LogP contribution in [0.15, 0.2) is 18.3 Å². The third-order valence-corrected chi connectivity index (χ3v) is 2.81. The first-order valence-electron chi connectivity index (χ1n) is 5.13. The normalized spacial score (nSPS) is 14.1. The molecule has 0 aliphatic carbocycles. The van der Waals surface area contributed by atoms with E-state index in [1.165, 1.54) is 0 Å². The minimum Gasteiger partial charge on any atom is -0.486 e. The van der Waals surface area contributed by atoms with Gasteiger partial charge in [-0.05, 0) is 6.07 Å². The van der Waals surface area contributed by atoms with Crippen molar-refractivity contribution in [3.8, 4) is 11.5 Å². The van der Waals surface area contributed by atoms with E-state index in [-0.39, 0.29) is 0 Å². The van der Waals surface area contributed by atoms with Gasteiger partial charge in [0.1, 0.15) is 13.2 Å². The standard InChI is InChI=1S/C12H11NO3/c1-13-6-8(7-14)9-4-11-12(5-10(9)13)16-3-2-15-11/h4-7H,2-3H2,1H3. The molecule has 0 amide bonds. The average molecular weight is 217 g/mol. The van der Waals surface area contributed by atoms with Crippen LogP contribution in [0.1, 0.15) is 10.4 Å². The van der Waals surface area contributed by atoms with Crippen molar-refractivity contribution >= 4 is 17.2 Å². The van der Waals surface area contributed by atoms with Crippen LogP contribution in [0.4, 0.5) is 0 Å². The van der Waals surface area contributed by atoms with Gasteiger partial charge in [0.15, 0.2) is 17.8 Å². The fraction of sp³-hybridized carbons (Fsp3) is 0.250. The van der Waals surface area contributed by atoms with Crippen LogP contribution in [0, 0.1) is 0 Å². The number of rotatable bonds is 1. The second-order valence-corrected chi connectivity index (χ2v) is 3.83. The van der Waals surface area contributed by atoms with E-state index in [9.17, 15) is 4.79 Å². The van der Waals surface area contributed by atoms with Gasteiger partial charge >= 0.3 is 0 Å². The molecular formula is C12H11NO3. The topological polar surface area (TPSA) is 40.5 Å². The number of aryl methyl sites for hydroxylation is 1. The number of aldehydes is 1. The molecule has 0 bridgehead atoms. The highest BCUT2D eigenvalue weighted by molar-refractivity contribution is 5.99. The maximum absolute atomic E-state index is 10.9. The minimum atomic E-state index is 0.557. The van der Waals surface area contributed by atoms with Crippen molar-refractivity contribution in [2.45, 2.75) is 0 Å². The van der Waals surface area contributed by atoms with Gasteiger partial charge in [-0.3, -0.25) is 4.79 Å². The summed E-state index contributed by atoms with van der Waals surface area (Å²) < 4.78 is 12.9. The molecule has 82 valence electrons. The van der Waals surface area contributed by atoms with Crippen LogP contribution < -0.4 is 9.47 Å². The van der Waals surface area contributed by atoms with Crippen molar-refractivity contribution in [3.63, 3.8) is 0 Å². The first-order valence-corrected chi connectivity index (χ1v) is 5.13. The third-order valence-electron chi connectivity index (χ3n) is 2.81. The Morgan fingerprint density at radius 1 is 1.25 bits per heavy atom. The Balaban J connectivity index is 2.32. The molecular weight excluding hydrogens is 206 g/mol. The molecule has 2 aromatic rings. The van der Waals surface area contributed by atoms with Crippen LogP contribution in [0.25, 0.3) is 10.9 Å². The maximum atomic E-state index is 10.9. The molecule has 16 heavy (non-hydrogen) atoms. The highest BCUT2D eigenvalue weighted by atomic mass is 16.6. The van der Waals surface area contributed by atoms with Crippen LogP contribution in [0.2, 0.25) is 0 Å². The predicted molar refractivity (Wildman–Crippen MR) is 59.3 cm³/mol. The molecule has 0 spiro atoms. The summed E-state index contributed by atoms with van der Waals surface area (Å²) in [6, 6.07) is 3.78. The van der Waals surface area contributed by atoms with Crippen molar-refractivity contribution in [1.29, 1.82) is 0 Å². The van der Waals surface area contributed by atoms with Gasteiger partial charge in [-0.1, -0.05) is 0 Å². The Bertz CT molecular complexity index is 571. The molecule has 0 atom stereocenters. The molecule has 0 fully saturated rings. The number of ether oxygens (including phenoxy) is 2. The fourth-order valence-electron chi connectivity index (χ4n) is 2.04. The summed E-state index contributed by atoms with van der Waals surface area (Å²) in [5.41, 5.74) is 1.65. The van der Waals surface area contributed by atoms with E-state index in [0.717, 1.165) is 22.9 Å². The highest BCUT2D eigenvalue weighted by Crippen LogP contribution is 2.35. The summed E-state index contributed by atoms with van der Waals surface area (Å²) in [6.45, 7) is 1.13. The van der Waals surface area contributed by atoms with E-state index in [0.29, 0.717) is 24.5 Å². The number of hydrogen-bond donors (Lipinski definition) is 0. The largest absolute Gasteiger partial charge is 0.486 e. The molecule has 0 saturated heterocycles. The summed E-state index contributed by atoms with van der Waals surface area (Å²) in [4.78, 5) is 10.9. The third kappa shape index (κ3) is 1.19. The minimum absolute atomic E-state index is 0.557. The molecule has 0 N–H and O–H groups in total. The van der Waals surface area contributed by atoms with E-state index >= 15 is 0 Å². The van der Waals surface area contributed by atoms with Gasteiger partial charge in [0.2, 0.25) is 0 Å². The second-order valence-electron chi connectivity index (χ2n) is 3.83. The van der Waals surface area contributed by atoms with Crippen LogP contribution in [-0.2, 0) is 7.05 Å². The van der Waals surface area contributed by atoms with Gasteiger partial charge in [0, 0.05) is 30.3 Å². The van der Waals surface area contributed by atoms with Crippen LogP contribution in [0.3, 0.4) is 0 Å². The zero-order chi connectivity index (χ0) is 11.1. The molecule has 0 unspecified atom stereocenters. The summed E-state index contributed by atoms with van der Waals surface area (Å²) in [5, 5.41) is 0.904. The Kier molecular flexibility index (Phi) is 1.89. The number of hydrogen-bond acceptors (Lipinski definition) is 3. The summed E-state index contributed by atoms with van der Waals surface area (Å²) in [5.74, 6) is 1.46. The number of fused-ring (bicyclic) bond motifs is 2. The lowest BCUT2D eigenvalue weighted by molar-refractivity contribution is 0.112. The lowest BCUT2D eigenvalue weighted by Crippen LogP contribution is -2.15. The van der Waals surface area contributed by atoms with E-state index < -0.39 is 0 Å². The number of aromatic nitrogens is 1. The molecule has 2 heterocycles. The molecule has 0 radical (unpaired) electrons. The van der Waals surface area contributed by atoms with Crippen LogP contribution >= 0.6 is 0 Å². The summed E-state index contributed by atoms with van der Waals surface area (Å²) >= 11 is 0. The highest BCUT2D eigenvalue weighted by Gasteiger charge is 2.15. The van der Waals surface area contributed by atoms with Crippen LogP contribution in [-0.4, -0.2) is 24.1 Å². The molecule has 1 aliphatic rings. The molecule has 1 aliphatic heterocycles. The zero-order valence-electron chi connectivity index (χ0n) is 8.90. The first kappa shape index (κ1) is 9.27. The van der Waals surface area contributed by atoms with Crippen molar-refractivity contribution in [2.24, 2.45) is 7.05 Å². The van der Waals surface area contributed by atoms with Gasteiger partial charge in [0.05, 0.1) is 5.52 Å². The number of nitrogens with zero attached hydrogens (tertiary/aromatic N) is 1. The first-order chi connectivity index (χ1) is 7.79. The number of carbonyl (C=O) groups excluding carboxylic acids is 1. The van der Waals surface area contributed by atoms with Gasteiger partial charge in [-0.15, -0.1) is 0 Å². The van der Waals surface area contributed by atoms with Crippen molar-refractivity contribution < 1.29 is 14.3 Å². The van der Waals surface area contributed by atoms with E-state index in [1.54, 1.807) is 0 Å². The summed E-state index contributed by atoms with van der Waals surface area (Å²) in [6.07, 6.45) is 2.67. The fourth-order valence-corrected chi connectivity index (χ4v) is 2.04. The number of carbonyl (C=O) groups is 1. The number of benzene rings is 1. The van der Waals surface area contributed by atoms with E-state index in [1.807, 2.05) is 29.9 Å². The van der Waals surface area contributed by atoms with Gasteiger partial charge in [-0.25, -0.2) is 0 Å². The quantitative estimate of drug-likeness (QED) is 0.683. The molecule has 1 aromatic heterocycles. The molecule has 4 nitrogen and oxygen atoms in total. The smallest absolute Gasteiger partial charge is 0.163 e. The lowest BCUT2D eigenvalue weighted by atomic mass is 10.1. The van der Waals surface area contributed by atoms with Gasteiger partial charge in [0.25, 0.3) is 0 Å². The Hall–Kier alpha value is -1.97. The molecule has 0 saturated carbocycles. The van der Waals surface area contributed by atoms with Gasteiger partial charge < -0.3 is 14.0 Å². The Labute approximate surface area is 92.4 Å². The SMILES string of the molecule is Cn1cc(C=O)c2cc3c(cc21)OCCO3. The van der Waals surface area contributed by atoms with Crippen molar-refractivity contribution in [3.05, 3.63) is 23.9 Å². The average Bonchev–Trinajstić information content (AvgIpc) is 2.63. The monoisotopic (exact) mass is 217 g/mol. The Morgan fingerprint density at radius 2 is 1.94 bits per heavy atom. The van der Waals surface area contributed by atoms with Gasteiger partial charge in [-0.2, -0.15) is 0 Å². The lowest BCUT2D eigenvalue weighted by Gasteiger charge is -2.18. The molecule has 3 rings (SSSR count). The zero-order valence-corrected chi connectivity index (χ0v) is 8.90. The van der Waals surface area contributed by atoms with Crippen molar-refractivity contribution in [1.82, 2.24) is 4.57 Å². The van der Waals surface area contributed by atoms with E-state index in [4.69, 9.17) is 9.47 Å². The molecule has 4 heteroatoms. The van der Waals surface area contributed by atoms with Crippen LogP contribution in [0.5, 0.6) is 11.5 Å². The molecule has 1 aromatic carbocycles. The van der Waals surface area contributed by atoms with Crippen molar-refractivity contribution in [2.75, 3.05) is 13.2 Å². The maximum Gasteiger partial charge on any atom is 0.163 e. The van der Waals surface area contributed by atoms with E-state index in [2.05, 4.69) is 0 Å². The summed E-state index contributed by atoms with van der Waals surface area (Å²) in [7, 11) is 1.91.